The molecule has 0 saturated carbocycles. The Bertz CT molecular complexity index is 697. The second-order valence-electron chi connectivity index (χ2n) is 19.5. The van der Waals surface area contributed by atoms with Crippen LogP contribution in [0.1, 0.15) is 362 Å². The largest absolute Gasteiger partial charge is 0.358 e. The van der Waals surface area contributed by atoms with E-state index in [1.807, 2.05) is 27.7 Å². The van der Waals surface area contributed by atoms with Crippen LogP contribution in [0.25, 0.3) is 0 Å². The summed E-state index contributed by atoms with van der Waals surface area (Å²) in [7, 11) is 0. The Morgan fingerprint density at radius 3 is 0.909 bits per heavy atom. The van der Waals surface area contributed by atoms with E-state index in [2.05, 4.69) is 116 Å². The van der Waals surface area contributed by atoms with Crippen molar-refractivity contribution in [3.63, 3.8) is 0 Å². The van der Waals surface area contributed by atoms with Crippen LogP contribution >= 0.6 is 0 Å². The van der Waals surface area contributed by atoms with Gasteiger partial charge in [-0.05, 0) is 48.9 Å². The van der Waals surface area contributed by atoms with Gasteiger partial charge in [-0.1, -0.05) is 361 Å². The van der Waals surface area contributed by atoms with E-state index in [1.54, 1.807) is 0 Å². The molecule has 4 unspecified atom stereocenters. The number of hydrogen-bond donors (Lipinski definition) is 0. The van der Waals surface area contributed by atoms with E-state index in [-0.39, 0.29) is 39.7 Å². The molecule has 0 aliphatic rings. The van der Waals surface area contributed by atoms with Gasteiger partial charge < -0.3 is 7.43 Å². The number of hydrogen-bond acceptors (Lipinski definition) is 0. The first-order valence-corrected chi connectivity index (χ1v) is 30.3. The van der Waals surface area contributed by atoms with Gasteiger partial charge in [0.05, 0.1) is 0 Å². The van der Waals surface area contributed by atoms with Crippen molar-refractivity contribution in [2.45, 2.75) is 362 Å². The molecule has 1 heteroatoms. The molecule has 0 N–H and O–H groups in total. The molecule has 0 nitrogen and oxygen atoms in total. The SMILES string of the molecule is C=CCC(CCCCCCC)CC(C(=C)CC(CC)C(C)CC)C(C)C.CC.CC.CCCC.CCCCCC.CCCCCCCCCC.CCCCCCCCCCCCCC.[CH3-].[Pa]. The molecule has 0 heterocycles. The molecule has 0 aromatic rings. The first-order chi connectivity index (χ1) is 31.1. The van der Waals surface area contributed by atoms with Gasteiger partial charge in [-0.25, -0.2) is 0 Å². The predicted octanol–water partition coefficient (Wildman–Crippen LogP) is 26.0. The first kappa shape index (κ1) is 86.4. The summed E-state index contributed by atoms with van der Waals surface area (Å²) in [4.78, 5) is 0. The minimum atomic E-state index is 0. The van der Waals surface area contributed by atoms with Gasteiger partial charge >= 0.3 is 0 Å². The maximum Gasteiger partial charge on any atom is 0 e. The van der Waals surface area contributed by atoms with E-state index in [1.165, 1.54) is 243 Å². The van der Waals surface area contributed by atoms with E-state index in [9.17, 15) is 0 Å². The van der Waals surface area contributed by atoms with Crippen LogP contribution in [0.4, 0.5) is 0 Å². The summed E-state index contributed by atoms with van der Waals surface area (Å²) in [5.41, 5.74) is 1.52. The van der Waals surface area contributed by atoms with Crippen LogP contribution in [-0.4, -0.2) is 0 Å². The molecule has 0 saturated heterocycles. The number of unbranched alkanes of at least 4 members (excludes halogenated alkanes) is 26. The molecule has 0 aromatic carbocycles. The van der Waals surface area contributed by atoms with Gasteiger partial charge in [0.25, 0.3) is 0 Å². The fourth-order valence-electron chi connectivity index (χ4n) is 8.06. The predicted molar refractivity (Wildman–Crippen MR) is 316 cm³/mol. The van der Waals surface area contributed by atoms with Crippen LogP contribution in [0, 0.1) is 69.3 Å². The minimum absolute atomic E-state index is 0. The number of allylic oxidation sites excluding steroid dienone is 2. The molecule has 0 rings (SSSR count). The van der Waals surface area contributed by atoms with Crippen LogP contribution in [0.2, 0.25) is 0 Å². The summed E-state index contributed by atoms with van der Waals surface area (Å²) in [6, 6.07) is 0. The zero-order valence-electron chi connectivity index (χ0n) is 51.1. The monoisotopic (exact) mass is 1150 g/mol. The first-order valence-electron chi connectivity index (χ1n) is 30.3. The zero-order chi connectivity index (χ0) is 50.3. The molecule has 0 amide bonds. The van der Waals surface area contributed by atoms with Crippen molar-refractivity contribution in [2.75, 3.05) is 0 Å². The van der Waals surface area contributed by atoms with Gasteiger partial charge in [0.2, 0.25) is 0 Å². The number of rotatable bonds is 39. The smallest absolute Gasteiger partial charge is 0 e. The molecule has 0 aromatic heterocycles. The molecule has 405 valence electrons. The summed E-state index contributed by atoms with van der Waals surface area (Å²) < 4.78 is 0. The molecular weight excluding hydrogens is 1010 g/mol. The van der Waals surface area contributed by atoms with Crippen molar-refractivity contribution in [3.8, 4) is 0 Å². The Labute approximate surface area is 453 Å². The van der Waals surface area contributed by atoms with Crippen molar-refractivity contribution in [1.29, 1.82) is 0 Å². The third-order valence-electron chi connectivity index (χ3n) is 13.0. The van der Waals surface area contributed by atoms with Crippen molar-refractivity contribution in [1.82, 2.24) is 0 Å². The molecule has 0 bridgehead atoms. The molecule has 1 radical (unpaired) electrons. The molecule has 66 heavy (non-hydrogen) atoms. The van der Waals surface area contributed by atoms with Crippen LogP contribution in [0.15, 0.2) is 24.8 Å². The summed E-state index contributed by atoms with van der Waals surface area (Å²) in [5, 5.41) is 0. The molecule has 0 aliphatic carbocycles. The Kier molecular flexibility index (Phi) is 112. The van der Waals surface area contributed by atoms with Gasteiger partial charge in [-0.15, -0.1) is 6.58 Å². The third kappa shape index (κ3) is 81.5. The second-order valence-corrected chi connectivity index (χ2v) is 19.5. The summed E-state index contributed by atoms with van der Waals surface area (Å²) in [5.74, 6) is 3.78. The van der Waals surface area contributed by atoms with E-state index in [0.29, 0.717) is 11.8 Å². The standard InChI is InChI=1S/C26H50.C14H30.C10H22.C6H14.C4H10.2C2H6.CH3.Pa/c1-9-13-14-15-16-18-24(17-10-2)20-26(21(5)6)23(8)19-25(12-4)22(7)11-3;1-3-5-7-9-11-13-14-12-10-8-6-4-2;1-3-5-7-9-10-8-6-4-2;1-3-5-6-4-2;1-3-4-2;2*1-2;;/h10,21-22,24-26H,2,8-9,11-20H2,1,3-7H3;3-14H2,1-2H3;3-10H2,1-2H3;3-6H2,1-2H3;3-4H2,1-2H3;2*1-2H3;1H3;/q;;;;;;;-1;. The maximum absolute atomic E-state index is 4.59. The van der Waals surface area contributed by atoms with Gasteiger partial charge in [0.15, 0.2) is 0 Å². The quantitative estimate of drug-likeness (QED) is 0.0327. The average molecular weight is 1150 g/mol. The molecular formula is C65H141Pa-. The van der Waals surface area contributed by atoms with E-state index in [0.717, 1.165) is 17.8 Å². The topological polar surface area (TPSA) is 0 Å². The Morgan fingerprint density at radius 2 is 0.682 bits per heavy atom. The molecule has 0 fully saturated rings. The molecule has 0 spiro atoms. The van der Waals surface area contributed by atoms with Crippen molar-refractivity contribution in [2.24, 2.45) is 29.6 Å². The summed E-state index contributed by atoms with van der Waals surface area (Å²) in [6.07, 6.45) is 53.8. The van der Waals surface area contributed by atoms with E-state index in [4.69, 9.17) is 0 Å². The Balaban J connectivity index is -0.0000000976. The Morgan fingerprint density at radius 1 is 0.409 bits per heavy atom. The molecule has 0 aliphatic heterocycles. The third-order valence-corrected chi connectivity index (χ3v) is 13.0. The maximum atomic E-state index is 4.59. The van der Waals surface area contributed by atoms with Crippen LogP contribution < -0.4 is 0 Å². The van der Waals surface area contributed by atoms with Gasteiger partial charge in [0, 0.05) is 32.3 Å². The normalized spacial score (nSPS) is 11.7. The zero-order valence-corrected chi connectivity index (χ0v) is 55.9. The Hall–Kier alpha value is 0.571. The average Bonchev–Trinajstić information content (AvgIpc) is 3.32. The van der Waals surface area contributed by atoms with E-state index < -0.39 is 0 Å². The molecule has 4 atom stereocenters. The summed E-state index contributed by atoms with van der Waals surface area (Å²) >= 11 is 0. The van der Waals surface area contributed by atoms with Crippen molar-refractivity contribution < 1.29 is 32.3 Å². The fraction of sp³-hybridized carbons (Fsp3) is 0.923. The second kappa shape index (κ2) is 85.4. The van der Waals surface area contributed by atoms with Crippen LogP contribution in [-0.2, 0) is 0 Å². The van der Waals surface area contributed by atoms with Crippen LogP contribution in [0.3, 0.4) is 0 Å². The fourth-order valence-corrected chi connectivity index (χ4v) is 8.06. The van der Waals surface area contributed by atoms with Gasteiger partial charge in [-0.3, -0.25) is 0 Å². The summed E-state index contributed by atoms with van der Waals surface area (Å²) in [6.45, 7) is 48.7. The van der Waals surface area contributed by atoms with E-state index >= 15 is 0 Å². The van der Waals surface area contributed by atoms with Crippen molar-refractivity contribution >= 4 is 0 Å². The van der Waals surface area contributed by atoms with Crippen molar-refractivity contribution in [3.05, 3.63) is 32.2 Å². The van der Waals surface area contributed by atoms with Gasteiger partial charge in [0.1, 0.15) is 0 Å². The van der Waals surface area contributed by atoms with Gasteiger partial charge in [-0.2, -0.15) is 0 Å². The minimum Gasteiger partial charge on any atom is -0.358 e. The van der Waals surface area contributed by atoms with Crippen LogP contribution in [0.5, 0.6) is 0 Å².